The molecule has 0 saturated carbocycles. The molecule has 0 bridgehead atoms. The number of pyridine rings is 1. The maximum atomic E-state index is 12.9. The number of nitrogens with zero attached hydrogens (tertiary/aromatic N) is 1. The average Bonchev–Trinajstić information content (AvgIpc) is 2.79. The highest BCUT2D eigenvalue weighted by molar-refractivity contribution is 6.42. The Morgan fingerprint density at radius 1 is 0.875 bits per heavy atom. The summed E-state index contributed by atoms with van der Waals surface area (Å²) in [7, 11) is 0. The van der Waals surface area contributed by atoms with Crippen molar-refractivity contribution in [2.24, 2.45) is 0 Å². The summed E-state index contributed by atoms with van der Waals surface area (Å²) < 4.78 is 5.28. The number of anilines is 1. The van der Waals surface area contributed by atoms with E-state index in [2.05, 4.69) is 10.3 Å². The summed E-state index contributed by atoms with van der Waals surface area (Å²) in [6.45, 7) is -0.466. The molecule has 4 aromatic rings. The first-order chi connectivity index (χ1) is 15.4. The molecule has 5 nitrogen and oxygen atoms in total. The van der Waals surface area contributed by atoms with E-state index in [1.807, 2.05) is 24.3 Å². The average molecular weight is 486 g/mol. The van der Waals surface area contributed by atoms with Crippen LogP contribution in [0.25, 0.3) is 22.2 Å². The van der Waals surface area contributed by atoms with E-state index in [0.29, 0.717) is 42.9 Å². The zero-order valence-electron chi connectivity index (χ0n) is 16.4. The number of benzene rings is 3. The van der Waals surface area contributed by atoms with Gasteiger partial charge in [0, 0.05) is 21.7 Å². The van der Waals surface area contributed by atoms with Crippen LogP contribution < -0.4 is 5.32 Å². The predicted molar refractivity (Wildman–Crippen MR) is 128 cm³/mol. The van der Waals surface area contributed by atoms with Crippen molar-refractivity contribution in [2.75, 3.05) is 11.9 Å². The van der Waals surface area contributed by atoms with Gasteiger partial charge in [0.15, 0.2) is 6.61 Å². The lowest BCUT2D eigenvalue weighted by Crippen LogP contribution is -2.21. The van der Waals surface area contributed by atoms with Gasteiger partial charge in [-0.25, -0.2) is 9.78 Å². The Morgan fingerprint density at radius 2 is 1.62 bits per heavy atom. The molecule has 0 saturated heterocycles. The normalized spacial score (nSPS) is 10.7. The van der Waals surface area contributed by atoms with Crippen molar-refractivity contribution >= 4 is 63.3 Å². The third-order valence-electron chi connectivity index (χ3n) is 4.61. The monoisotopic (exact) mass is 484 g/mol. The molecule has 0 aliphatic heterocycles. The van der Waals surface area contributed by atoms with Crippen molar-refractivity contribution in [1.29, 1.82) is 0 Å². The Morgan fingerprint density at radius 3 is 2.38 bits per heavy atom. The lowest BCUT2D eigenvalue weighted by atomic mass is 10.0. The molecule has 0 aliphatic rings. The van der Waals surface area contributed by atoms with E-state index in [4.69, 9.17) is 39.5 Å². The summed E-state index contributed by atoms with van der Waals surface area (Å²) in [5.41, 5.74) is 2.77. The Bertz CT molecular complexity index is 1320. The van der Waals surface area contributed by atoms with Crippen LogP contribution in [0.4, 0.5) is 5.69 Å². The smallest absolute Gasteiger partial charge is 0.339 e. The van der Waals surface area contributed by atoms with Gasteiger partial charge in [-0.2, -0.15) is 0 Å². The van der Waals surface area contributed by atoms with Crippen LogP contribution in [-0.2, 0) is 9.53 Å². The van der Waals surface area contributed by atoms with E-state index in [9.17, 15) is 9.59 Å². The lowest BCUT2D eigenvalue weighted by molar-refractivity contribution is -0.119. The second-order valence-corrected chi connectivity index (χ2v) is 8.08. The van der Waals surface area contributed by atoms with E-state index in [1.54, 1.807) is 42.5 Å². The number of rotatable bonds is 5. The van der Waals surface area contributed by atoms with Gasteiger partial charge in [-0.15, -0.1) is 0 Å². The fraction of sp³-hybridized carbons (Fsp3) is 0.0417. The molecule has 8 heteroatoms. The first-order valence-electron chi connectivity index (χ1n) is 9.48. The number of ether oxygens (including phenoxy) is 1. The maximum Gasteiger partial charge on any atom is 0.339 e. The Labute approximate surface area is 198 Å². The summed E-state index contributed by atoms with van der Waals surface area (Å²) in [6, 6.07) is 20.7. The standard InChI is InChI=1S/C24H15Cl3N2O3/c25-15-7-5-14(6-8-15)22-12-18(17-3-1-2-4-21(17)29-22)24(31)32-13-23(30)28-16-9-10-19(26)20(27)11-16/h1-12H,13H2,(H,28,30). The van der Waals surface area contributed by atoms with E-state index in [1.165, 1.54) is 6.07 Å². The molecule has 0 aliphatic carbocycles. The molecule has 32 heavy (non-hydrogen) atoms. The molecule has 1 aromatic heterocycles. The molecule has 3 aromatic carbocycles. The van der Waals surface area contributed by atoms with Crippen molar-refractivity contribution < 1.29 is 14.3 Å². The summed E-state index contributed by atoms with van der Waals surface area (Å²) in [5.74, 6) is -1.14. The van der Waals surface area contributed by atoms with Gasteiger partial charge in [-0.05, 0) is 42.5 Å². The van der Waals surface area contributed by atoms with Gasteiger partial charge in [0.2, 0.25) is 0 Å². The summed E-state index contributed by atoms with van der Waals surface area (Å²) >= 11 is 17.8. The first kappa shape index (κ1) is 22.1. The van der Waals surface area contributed by atoms with Gasteiger partial charge in [-0.3, -0.25) is 4.79 Å². The van der Waals surface area contributed by atoms with Crippen molar-refractivity contribution in [3.8, 4) is 11.3 Å². The minimum atomic E-state index is -0.636. The summed E-state index contributed by atoms with van der Waals surface area (Å²) in [4.78, 5) is 29.7. The van der Waals surface area contributed by atoms with Gasteiger partial charge in [0.1, 0.15) is 0 Å². The fourth-order valence-corrected chi connectivity index (χ4v) is 3.52. The van der Waals surface area contributed by atoms with E-state index in [0.717, 1.165) is 5.56 Å². The van der Waals surface area contributed by atoms with Crippen LogP contribution in [0.5, 0.6) is 0 Å². The van der Waals surface area contributed by atoms with Crippen LogP contribution in [0.3, 0.4) is 0 Å². The van der Waals surface area contributed by atoms with E-state index < -0.39 is 18.5 Å². The molecule has 0 radical (unpaired) electrons. The third-order valence-corrected chi connectivity index (χ3v) is 5.60. The van der Waals surface area contributed by atoms with Crippen molar-refractivity contribution in [3.05, 3.63) is 93.4 Å². The molecule has 4 rings (SSSR count). The number of halogens is 3. The van der Waals surface area contributed by atoms with Crippen molar-refractivity contribution in [2.45, 2.75) is 0 Å². The fourth-order valence-electron chi connectivity index (χ4n) is 3.09. The minimum absolute atomic E-state index is 0.305. The number of carbonyl (C=O) groups is 2. The molecule has 1 amide bonds. The van der Waals surface area contributed by atoms with Crippen LogP contribution in [0.2, 0.25) is 15.1 Å². The van der Waals surface area contributed by atoms with Crippen molar-refractivity contribution in [1.82, 2.24) is 4.98 Å². The molecule has 160 valence electrons. The quantitative estimate of drug-likeness (QED) is 0.321. The molecular weight excluding hydrogens is 471 g/mol. The number of amides is 1. The van der Waals surface area contributed by atoms with Gasteiger partial charge in [0.25, 0.3) is 5.91 Å². The molecule has 0 atom stereocenters. The van der Waals surface area contributed by atoms with Gasteiger partial charge < -0.3 is 10.1 Å². The highest BCUT2D eigenvalue weighted by Gasteiger charge is 2.17. The predicted octanol–water partition coefficient (Wildman–Crippen LogP) is 6.66. The zero-order valence-corrected chi connectivity index (χ0v) is 18.7. The number of fused-ring (bicyclic) bond motifs is 1. The minimum Gasteiger partial charge on any atom is -0.452 e. The molecular formula is C24H15Cl3N2O3. The summed E-state index contributed by atoms with van der Waals surface area (Å²) in [6.07, 6.45) is 0. The van der Waals surface area contributed by atoms with Crippen molar-refractivity contribution in [3.63, 3.8) is 0 Å². The highest BCUT2D eigenvalue weighted by Crippen LogP contribution is 2.27. The number of esters is 1. The van der Waals surface area contributed by atoms with Gasteiger partial charge in [0.05, 0.1) is 26.8 Å². The molecule has 1 heterocycles. The first-order valence-corrected chi connectivity index (χ1v) is 10.6. The van der Waals surface area contributed by atoms with Crippen LogP contribution in [0, 0.1) is 0 Å². The van der Waals surface area contributed by atoms with Gasteiger partial charge in [-0.1, -0.05) is 65.1 Å². The largest absolute Gasteiger partial charge is 0.452 e. The highest BCUT2D eigenvalue weighted by atomic mass is 35.5. The Balaban J connectivity index is 1.55. The number of hydrogen-bond donors (Lipinski definition) is 1. The Hall–Kier alpha value is -3.12. The molecule has 0 fully saturated rings. The Kier molecular flexibility index (Phi) is 6.61. The van der Waals surface area contributed by atoms with E-state index in [-0.39, 0.29) is 0 Å². The van der Waals surface area contributed by atoms with E-state index >= 15 is 0 Å². The van der Waals surface area contributed by atoms with Crippen LogP contribution in [0.1, 0.15) is 10.4 Å². The number of carbonyl (C=O) groups excluding carboxylic acids is 2. The summed E-state index contributed by atoms with van der Waals surface area (Å²) in [5, 5.41) is 4.51. The second kappa shape index (κ2) is 9.57. The molecule has 0 spiro atoms. The second-order valence-electron chi connectivity index (χ2n) is 6.83. The zero-order chi connectivity index (χ0) is 22.7. The van der Waals surface area contributed by atoms with Crippen LogP contribution in [0.15, 0.2) is 72.8 Å². The van der Waals surface area contributed by atoms with Crippen LogP contribution >= 0.6 is 34.8 Å². The third kappa shape index (κ3) is 5.02. The maximum absolute atomic E-state index is 12.9. The SMILES string of the molecule is O=C(COC(=O)c1cc(-c2ccc(Cl)cc2)nc2ccccc12)Nc1ccc(Cl)c(Cl)c1. The number of para-hydroxylation sites is 1. The van der Waals surface area contributed by atoms with Gasteiger partial charge >= 0.3 is 5.97 Å². The lowest BCUT2D eigenvalue weighted by Gasteiger charge is -2.11. The number of nitrogens with one attached hydrogen (secondary N) is 1. The van der Waals surface area contributed by atoms with Crippen LogP contribution in [-0.4, -0.2) is 23.5 Å². The molecule has 0 unspecified atom stereocenters. The number of aromatic nitrogens is 1. The topological polar surface area (TPSA) is 68.3 Å². The molecule has 1 N–H and O–H groups in total. The number of hydrogen-bond acceptors (Lipinski definition) is 4.